The van der Waals surface area contributed by atoms with E-state index in [9.17, 15) is 9.59 Å². The summed E-state index contributed by atoms with van der Waals surface area (Å²) < 4.78 is 4.90. The highest BCUT2D eigenvalue weighted by Crippen LogP contribution is 2.28. The van der Waals surface area contributed by atoms with Crippen molar-refractivity contribution in [3.63, 3.8) is 0 Å². The highest BCUT2D eigenvalue weighted by molar-refractivity contribution is 5.84. The van der Waals surface area contributed by atoms with Gasteiger partial charge in [0.2, 0.25) is 5.91 Å². The minimum absolute atomic E-state index is 0.0196. The van der Waals surface area contributed by atoms with Crippen molar-refractivity contribution in [2.75, 3.05) is 26.2 Å². The molecule has 0 spiro atoms. The molecule has 0 atom stereocenters. The van der Waals surface area contributed by atoms with Crippen molar-refractivity contribution in [1.29, 1.82) is 0 Å². The van der Waals surface area contributed by atoms with Crippen LogP contribution in [0.3, 0.4) is 0 Å². The van der Waals surface area contributed by atoms with Gasteiger partial charge in [-0.2, -0.15) is 0 Å². The predicted octanol–water partition coefficient (Wildman–Crippen LogP) is 0.540. The van der Waals surface area contributed by atoms with E-state index in [1.165, 1.54) is 12.8 Å². The zero-order valence-corrected chi connectivity index (χ0v) is 11.0. The molecule has 2 fully saturated rings. The van der Waals surface area contributed by atoms with Gasteiger partial charge in [-0.05, 0) is 45.1 Å². The van der Waals surface area contributed by atoms with Gasteiger partial charge in [0.25, 0.3) is 0 Å². The Morgan fingerprint density at radius 1 is 1.28 bits per heavy atom. The number of hydrogen-bond donors (Lipinski definition) is 1. The first-order chi connectivity index (χ1) is 8.70. The molecule has 1 amide bonds. The first-order valence-electron chi connectivity index (χ1n) is 6.86. The molecule has 2 aliphatic carbocycles. The summed E-state index contributed by atoms with van der Waals surface area (Å²) in [6, 6.07) is 0.254. The van der Waals surface area contributed by atoms with Crippen LogP contribution in [0.25, 0.3) is 0 Å². The van der Waals surface area contributed by atoms with Gasteiger partial charge in [0, 0.05) is 6.04 Å². The molecule has 0 unspecified atom stereocenters. The number of nitrogens with zero attached hydrogens (tertiary/aromatic N) is 1. The van der Waals surface area contributed by atoms with E-state index in [-0.39, 0.29) is 24.5 Å². The third-order valence-electron chi connectivity index (χ3n) is 3.32. The van der Waals surface area contributed by atoms with Gasteiger partial charge in [-0.25, -0.2) is 0 Å². The van der Waals surface area contributed by atoms with Crippen LogP contribution >= 0.6 is 0 Å². The third-order valence-corrected chi connectivity index (χ3v) is 3.32. The van der Waals surface area contributed by atoms with E-state index in [0.29, 0.717) is 13.2 Å². The molecule has 0 bridgehead atoms. The zero-order chi connectivity index (χ0) is 13.0. The fourth-order valence-corrected chi connectivity index (χ4v) is 1.96. The summed E-state index contributed by atoms with van der Waals surface area (Å²) in [6.45, 7) is 3.50. The average molecular weight is 254 g/mol. The predicted molar refractivity (Wildman–Crippen MR) is 67.0 cm³/mol. The number of carbonyl (C=O) groups is 2. The number of hydrogen-bond acceptors (Lipinski definition) is 4. The Kier molecular flexibility index (Phi) is 4.58. The van der Waals surface area contributed by atoms with E-state index >= 15 is 0 Å². The molecule has 2 aliphatic rings. The topological polar surface area (TPSA) is 58.6 Å². The number of ether oxygens (including phenoxy) is 1. The standard InChI is InChI=1S/C13H22N2O3/c1-2-18-13(17)9-15(11-5-6-11)12(16)8-14-7-10-3-4-10/h10-11,14H,2-9H2,1H3. The smallest absolute Gasteiger partial charge is 0.325 e. The number of rotatable bonds is 8. The van der Waals surface area contributed by atoms with E-state index in [0.717, 1.165) is 25.3 Å². The first-order valence-corrected chi connectivity index (χ1v) is 6.86. The molecule has 2 rings (SSSR count). The summed E-state index contributed by atoms with van der Waals surface area (Å²) in [5.41, 5.74) is 0. The zero-order valence-electron chi connectivity index (χ0n) is 11.0. The maximum absolute atomic E-state index is 12.0. The van der Waals surface area contributed by atoms with Crippen LogP contribution in [-0.2, 0) is 14.3 Å². The van der Waals surface area contributed by atoms with E-state index in [4.69, 9.17) is 4.74 Å². The van der Waals surface area contributed by atoms with Gasteiger partial charge < -0.3 is 15.0 Å². The van der Waals surface area contributed by atoms with Crippen molar-refractivity contribution in [2.45, 2.75) is 38.6 Å². The highest BCUT2D eigenvalue weighted by Gasteiger charge is 2.34. The van der Waals surface area contributed by atoms with Crippen LogP contribution in [0.4, 0.5) is 0 Å². The van der Waals surface area contributed by atoms with Crippen LogP contribution in [0.5, 0.6) is 0 Å². The SMILES string of the molecule is CCOC(=O)CN(C(=O)CNCC1CC1)C1CC1. The largest absolute Gasteiger partial charge is 0.465 e. The van der Waals surface area contributed by atoms with Crippen molar-refractivity contribution in [3.8, 4) is 0 Å². The molecule has 5 nitrogen and oxygen atoms in total. The summed E-state index contributed by atoms with van der Waals surface area (Å²) in [4.78, 5) is 25.1. The molecular formula is C13H22N2O3. The molecule has 1 N–H and O–H groups in total. The Hall–Kier alpha value is -1.10. The van der Waals surface area contributed by atoms with E-state index < -0.39 is 0 Å². The van der Waals surface area contributed by atoms with E-state index in [2.05, 4.69) is 5.32 Å². The molecular weight excluding hydrogens is 232 g/mol. The van der Waals surface area contributed by atoms with Gasteiger partial charge in [0.05, 0.1) is 13.2 Å². The monoisotopic (exact) mass is 254 g/mol. The van der Waals surface area contributed by atoms with Gasteiger partial charge in [-0.15, -0.1) is 0 Å². The summed E-state index contributed by atoms with van der Waals surface area (Å²) in [7, 11) is 0. The molecule has 2 saturated carbocycles. The van der Waals surface area contributed by atoms with Crippen LogP contribution in [0, 0.1) is 5.92 Å². The molecule has 0 aromatic carbocycles. The van der Waals surface area contributed by atoms with Crippen molar-refractivity contribution >= 4 is 11.9 Å². The lowest BCUT2D eigenvalue weighted by molar-refractivity contribution is -0.149. The lowest BCUT2D eigenvalue weighted by Gasteiger charge is -2.21. The Balaban J connectivity index is 1.72. The van der Waals surface area contributed by atoms with Crippen molar-refractivity contribution in [2.24, 2.45) is 5.92 Å². The van der Waals surface area contributed by atoms with Crippen molar-refractivity contribution < 1.29 is 14.3 Å². The van der Waals surface area contributed by atoms with Gasteiger partial charge >= 0.3 is 5.97 Å². The quantitative estimate of drug-likeness (QED) is 0.642. The Labute approximate surface area is 108 Å². The van der Waals surface area contributed by atoms with Crippen LogP contribution in [0.2, 0.25) is 0 Å². The molecule has 102 valence electrons. The third kappa shape index (κ3) is 4.29. The lowest BCUT2D eigenvalue weighted by Crippen LogP contribution is -2.43. The van der Waals surface area contributed by atoms with Crippen LogP contribution < -0.4 is 5.32 Å². The average Bonchev–Trinajstić information content (AvgIpc) is 3.18. The second-order valence-electron chi connectivity index (χ2n) is 5.13. The van der Waals surface area contributed by atoms with E-state index in [1.54, 1.807) is 11.8 Å². The van der Waals surface area contributed by atoms with E-state index in [1.807, 2.05) is 0 Å². The van der Waals surface area contributed by atoms with Gasteiger partial charge in [0.15, 0.2) is 0 Å². The number of nitrogens with one attached hydrogen (secondary N) is 1. The van der Waals surface area contributed by atoms with Crippen molar-refractivity contribution in [3.05, 3.63) is 0 Å². The Bertz CT molecular complexity index is 311. The van der Waals surface area contributed by atoms with Gasteiger partial charge in [0.1, 0.15) is 6.54 Å². The Morgan fingerprint density at radius 3 is 2.56 bits per heavy atom. The minimum Gasteiger partial charge on any atom is -0.465 e. The lowest BCUT2D eigenvalue weighted by atomic mass is 10.4. The summed E-state index contributed by atoms with van der Waals surface area (Å²) in [5.74, 6) is 0.475. The Morgan fingerprint density at radius 2 is 2.00 bits per heavy atom. The molecule has 18 heavy (non-hydrogen) atoms. The van der Waals surface area contributed by atoms with Gasteiger partial charge in [-0.3, -0.25) is 9.59 Å². The summed E-state index contributed by atoms with van der Waals surface area (Å²) in [6.07, 6.45) is 4.56. The summed E-state index contributed by atoms with van der Waals surface area (Å²) in [5, 5.41) is 3.17. The first kappa shape index (κ1) is 13.3. The summed E-state index contributed by atoms with van der Waals surface area (Å²) >= 11 is 0. The second-order valence-corrected chi connectivity index (χ2v) is 5.13. The maximum Gasteiger partial charge on any atom is 0.325 e. The molecule has 0 heterocycles. The molecule has 0 radical (unpaired) electrons. The maximum atomic E-state index is 12.0. The molecule has 0 aliphatic heterocycles. The fraction of sp³-hybridized carbons (Fsp3) is 0.846. The van der Waals surface area contributed by atoms with Crippen LogP contribution in [0.1, 0.15) is 32.6 Å². The fourth-order valence-electron chi connectivity index (χ4n) is 1.96. The minimum atomic E-state index is -0.306. The van der Waals surface area contributed by atoms with Gasteiger partial charge in [-0.1, -0.05) is 0 Å². The molecule has 0 aromatic heterocycles. The second kappa shape index (κ2) is 6.18. The number of carbonyl (C=O) groups excluding carboxylic acids is 2. The number of esters is 1. The number of amides is 1. The van der Waals surface area contributed by atoms with Crippen LogP contribution in [0.15, 0.2) is 0 Å². The normalized spacial score (nSPS) is 18.5. The van der Waals surface area contributed by atoms with Crippen molar-refractivity contribution in [1.82, 2.24) is 10.2 Å². The molecule has 0 saturated heterocycles. The molecule has 5 heteroatoms. The highest BCUT2D eigenvalue weighted by atomic mass is 16.5. The molecule has 0 aromatic rings. The van der Waals surface area contributed by atoms with Crippen LogP contribution in [-0.4, -0.2) is 49.1 Å².